The molecule has 152 valence electrons. The minimum absolute atomic E-state index is 0.0663. The maximum Gasteiger partial charge on any atom is 0.305 e. The molecule has 0 saturated carbocycles. The first-order valence-electron chi connectivity index (χ1n) is 9.22. The Kier molecular flexibility index (Phi) is 8.66. The summed E-state index contributed by atoms with van der Waals surface area (Å²) in [7, 11) is -2.69. The van der Waals surface area contributed by atoms with Gasteiger partial charge in [-0.3, -0.25) is 4.79 Å². The van der Waals surface area contributed by atoms with Crippen molar-refractivity contribution in [3.63, 3.8) is 0 Å². The van der Waals surface area contributed by atoms with Gasteiger partial charge in [0.1, 0.15) is 6.07 Å². The molecule has 0 bridgehead atoms. The van der Waals surface area contributed by atoms with Crippen molar-refractivity contribution in [2.24, 2.45) is 0 Å². The van der Waals surface area contributed by atoms with Crippen LogP contribution in [0.1, 0.15) is 27.2 Å². The molecular weight excluding hydrogens is 411 g/mol. The number of carboxylic acid groups (broad SMARTS) is 1. The van der Waals surface area contributed by atoms with Gasteiger partial charge in [0.2, 0.25) is 0 Å². The molecule has 0 heterocycles. The minimum Gasteiger partial charge on any atom is -0.481 e. The summed E-state index contributed by atoms with van der Waals surface area (Å²) in [6, 6.07) is 20.5. The summed E-state index contributed by atoms with van der Waals surface area (Å²) in [4.78, 5) is 11.5. The molecular formula is C21H28ClO4PSi. The summed E-state index contributed by atoms with van der Waals surface area (Å²) >= 11 is 5.62. The van der Waals surface area contributed by atoms with Gasteiger partial charge in [-0.25, -0.2) is 0 Å². The van der Waals surface area contributed by atoms with Gasteiger partial charge in [-0.05, 0) is 15.4 Å². The van der Waals surface area contributed by atoms with Gasteiger partial charge in [-0.2, -0.15) is 0 Å². The molecule has 0 radical (unpaired) electrons. The van der Waals surface area contributed by atoms with Crippen molar-refractivity contribution in [2.45, 2.75) is 38.3 Å². The lowest BCUT2D eigenvalue weighted by atomic mass is 10.2. The van der Waals surface area contributed by atoms with Gasteiger partial charge in [0.05, 0.1) is 12.5 Å². The Morgan fingerprint density at radius 2 is 1.57 bits per heavy atom. The summed E-state index contributed by atoms with van der Waals surface area (Å²) in [5, 5.41) is 11.5. The van der Waals surface area contributed by atoms with Crippen LogP contribution in [0.5, 0.6) is 0 Å². The maximum absolute atomic E-state index is 11.5. The lowest BCUT2D eigenvalue weighted by Gasteiger charge is -2.45. The quantitative estimate of drug-likeness (QED) is 0.261. The number of carbonyl (C=O) groups is 1. The third kappa shape index (κ3) is 5.65. The average molecular weight is 439 g/mol. The normalized spacial score (nSPS) is 13.7. The number of benzene rings is 2. The number of carboxylic acids is 1. The molecule has 2 rings (SSSR count). The highest BCUT2D eigenvalue weighted by atomic mass is 35.5. The standard InChI is InChI=1S/C21H28ClO4PSi/c1-21(2,3)28(18-10-6-4-7-11-18,19-12-8-5-9-13-19)26-17(14-20(23)24)15-27-25-16-22/h4-13,17,27H,14-16H2,1-3H3,(H,23,24). The molecule has 2 atom stereocenters. The van der Waals surface area contributed by atoms with E-state index in [1.165, 1.54) is 0 Å². The van der Waals surface area contributed by atoms with Crippen molar-refractivity contribution >= 4 is 45.1 Å². The molecule has 2 aromatic carbocycles. The van der Waals surface area contributed by atoms with Crippen LogP contribution in [0, 0.1) is 0 Å². The zero-order valence-corrected chi connectivity index (χ0v) is 19.3. The van der Waals surface area contributed by atoms with Crippen LogP contribution in [0.4, 0.5) is 0 Å². The first-order valence-corrected chi connectivity index (χ1v) is 12.8. The first-order chi connectivity index (χ1) is 13.3. The van der Waals surface area contributed by atoms with Crippen LogP contribution in [-0.4, -0.2) is 37.7 Å². The second kappa shape index (κ2) is 10.5. The second-order valence-corrected chi connectivity index (χ2v) is 13.1. The van der Waals surface area contributed by atoms with E-state index in [9.17, 15) is 9.90 Å². The Balaban J connectivity index is 2.57. The van der Waals surface area contributed by atoms with Crippen molar-refractivity contribution in [3.8, 4) is 0 Å². The van der Waals surface area contributed by atoms with Crippen LogP contribution in [0.2, 0.25) is 5.04 Å². The van der Waals surface area contributed by atoms with Crippen LogP contribution in [0.15, 0.2) is 60.7 Å². The predicted octanol–water partition coefficient (Wildman–Crippen LogP) is 4.21. The Bertz CT molecular complexity index is 698. The van der Waals surface area contributed by atoms with Crippen molar-refractivity contribution in [1.29, 1.82) is 0 Å². The van der Waals surface area contributed by atoms with E-state index in [1.807, 2.05) is 36.4 Å². The maximum atomic E-state index is 11.5. The molecule has 0 spiro atoms. The zero-order valence-electron chi connectivity index (χ0n) is 16.5. The third-order valence-electron chi connectivity index (χ3n) is 4.63. The summed E-state index contributed by atoms with van der Waals surface area (Å²) in [5.41, 5.74) is 0. The first kappa shape index (κ1) is 23.0. The highest BCUT2D eigenvalue weighted by Crippen LogP contribution is 2.38. The molecule has 0 amide bonds. The average Bonchev–Trinajstić information content (AvgIpc) is 2.66. The van der Waals surface area contributed by atoms with Crippen molar-refractivity contribution in [1.82, 2.24) is 0 Å². The largest absolute Gasteiger partial charge is 0.481 e. The number of rotatable bonds is 10. The van der Waals surface area contributed by atoms with E-state index in [2.05, 4.69) is 45.0 Å². The molecule has 0 aliphatic heterocycles. The Labute approximate surface area is 175 Å². The smallest absolute Gasteiger partial charge is 0.305 e. The lowest BCUT2D eigenvalue weighted by Crippen LogP contribution is -2.68. The molecule has 0 saturated heterocycles. The SMILES string of the molecule is CC(C)(C)[Si](OC(CPOCCl)CC(=O)O)(c1ccccc1)c1ccccc1. The van der Waals surface area contributed by atoms with Crippen LogP contribution >= 0.6 is 20.4 Å². The summed E-state index contributed by atoms with van der Waals surface area (Å²) < 4.78 is 12.2. The molecule has 0 aliphatic rings. The molecule has 7 heteroatoms. The summed E-state index contributed by atoms with van der Waals surface area (Å²) in [6.07, 6.45) is -0.0162. The molecule has 2 unspecified atom stereocenters. The molecule has 0 aromatic heterocycles. The zero-order chi connectivity index (χ0) is 20.6. The Hall–Kier alpha value is -1.23. The number of hydrogen-bond donors (Lipinski definition) is 1. The highest BCUT2D eigenvalue weighted by Gasteiger charge is 2.51. The fourth-order valence-electron chi connectivity index (χ4n) is 3.48. The van der Waals surface area contributed by atoms with Gasteiger partial charge in [0.15, 0.2) is 0 Å². The molecule has 0 fully saturated rings. The van der Waals surface area contributed by atoms with E-state index in [4.69, 9.17) is 20.6 Å². The monoisotopic (exact) mass is 438 g/mol. The summed E-state index contributed by atoms with van der Waals surface area (Å²) in [6.45, 7) is 6.53. The number of halogens is 1. The molecule has 4 nitrogen and oxygen atoms in total. The van der Waals surface area contributed by atoms with Gasteiger partial charge < -0.3 is 14.1 Å². The number of alkyl halides is 1. The predicted molar refractivity (Wildman–Crippen MR) is 120 cm³/mol. The van der Waals surface area contributed by atoms with Crippen LogP contribution in [0.3, 0.4) is 0 Å². The van der Waals surface area contributed by atoms with Crippen molar-refractivity contribution in [2.75, 3.05) is 12.2 Å². The van der Waals surface area contributed by atoms with Crippen molar-refractivity contribution in [3.05, 3.63) is 60.7 Å². The minimum atomic E-state index is -2.79. The van der Waals surface area contributed by atoms with E-state index in [-0.39, 0.29) is 26.3 Å². The van der Waals surface area contributed by atoms with Crippen LogP contribution in [-0.2, 0) is 13.7 Å². The topological polar surface area (TPSA) is 55.8 Å². The van der Waals surface area contributed by atoms with E-state index < -0.39 is 20.4 Å². The van der Waals surface area contributed by atoms with Crippen LogP contribution in [0.25, 0.3) is 0 Å². The number of aliphatic carboxylic acids is 1. The van der Waals surface area contributed by atoms with Gasteiger partial charge in [0, 0.05) is 15.0 Å². The van der Waals surface area contributed by atoms with E-state index in [1.54, 1.807) is 0 Å². The molecule has 0 aliphatic carbocycles. The highest BCUT2D eigenvalue weighted by molar-refractivity contribution is 7.32. The van der Waals surface area contributed by atoms with Gasteiger partial charge in [0.25, 0.3) is 8.32 Å². The second-order valence-electron chi connectivity index (χ2n) is 7.60. The third-order valence-corrected chi connectivity index (χ3v) is 11.0. The number of hydrogen-bond acceptors (Lipinski definition) is 3. The van der Waals surface area contributed by atoms with E-state index in [0.29, 0.717) is 6.16 Å². The molecule has 2 aromatic rings. The van der Waals surface area contributed by atoms with Crippen LogP contribution < -0.4 is 10.4 Å². The van der Waals surface area contributed by atoms with E-state index in [0.717, 1.165) is 10.4 Å². The Morgan fingerprint density at radius 3 is 1.96 bits per heavy atom. The van der Waals surface area contributed by atoms with E-state index >= 15 is 0 Å². The van der Waals surface area contributed by atoms with Crippen molar-refractivity contribution < 1.29 is 18.9 Å². The van der Waals surface area contributed by atoms with Gasteiger partial charge in [-0.15, -0.1) is 0 Å². The molecule has 1 N–H and O–H groups in total. The Morgan fingerprint density at radius 1 is 1.07 bits per heavy atom. The summed E-state index contributed by atoms with van der Waals surface area (Å²) in [5.74, 6) is -0.876. The van der Waals surface area contributed by atoms with Gasteiger partial charge in [-0.1, -0.05) is 93.0 Å². The molecule has 28 heavy (non-hydrogen) atoms. The lowest BCUT2D eigenvalue weighted by molar-refractivity contribution is -0.138. The fourth-order valence-corrected chi connectivity index (χ4v) is 9.17. The van der Waals surface area contributed by atoms with Gasteiger partial charge >= 0.3 is 5.97 Å². The fraction of sp³-hybridized carbons (Fsp3) is 0.381.